The Labute approximate surface area is 122 Å². The van der Waals surface area contributed by atoms with E-state index < -0.39 is 10.0 Å². The number of nitrogens with zero attached hydrogens (tertiary/aromatic N) is 3. The number of hydrogen-bond acceptors (Lipinski definition) is 6. The molecule has 2 rings (SSSR count). The molecule has 0 atom stereocenters. The SMILES string of the molecule is Cc1nc(N(C)S(C)(=O)=O)sc1C(=O)N1CCOCC1. The summed E-state index contributed by atoms with van der Waals surface area (Å²) in [4.78, 5) is 18.7. The molecule has 0 unspecified atom stereocenters. The van der Waals surface area contributed by atoms with E-state index in [9.17, 15) is 13.2 Å². The van der Waals surface area contributed by atoms with E-state index in [1.54, 1.807) is 11.8 Å². The van der Waals surface area contributed by atoms with Gasteiger partial charge in [0.2, 0.25) is 10.0 Å². The number of ether oxygens (including phenoxy) is 1. The number of aromatic nitrogens is 1. The Kier molecular flexibility index (Phi) is 4.31. The van der Waals surface area contributed by atoms with E-state index in [-0.39, 0.29) is 5.91 Å². The fraction of sp³-hybridized carbons (Fsp3) is 0.636. The van der Waals surface area contributed by atoms with Gasteiger partial charge in [-0.15, -0.1) is 0 Å². The fourth-order valence-electron chi connectivity index (χ4n) is 1.77. The topological polar surface area (TPSA) is 79.8 Å². The smallest absolute Gasteiger partial charge is 0.266 e. The van der Waals surface area contributed by atoms with Crippen molar-refractivity contribution in [2.75, 3.05) is 43.9 Å². The molecule has 0 radical (unpaired) electrons. The highest BCUT2D eigenvalue weighted by Crippen LogP contribution is 2.27. The van der Waals surface area contributed by atoms with Gasteiger partial charge >= 0.3 is 0 Å². The largest absolute Gasteiger partial charge is 0.378 e. The van der Waals surface area contributed by atoms with Crippen molar-refractivity contribution in [3.05, 3.63) is 10.6 Å². The predicted octanol–water partition coefficient (Wildman–Crippen LogP) is 0.320. The summed E-state index contributed by atoms with van der Waals surface area (Å²) in [6, 6.07) is 0. The lowest BCUT2D eigenvalue weighted by Gasteiger charge is -2.26. The van der Waals surface area contributed by atoms with Gasteiger partial charge in [0.25, 0.3) is 5.91 Å². The lowest BCUT2D eigenvalue weighted by atomic mass is 10.3. The summed E-state index contributed by atoms with van der Waals surface area (Å²) in [5, 5.41) is 0.307. The Morgan fingerprint density at radius 1 is 1.40 bits per heavy atom. The second kappa shape index (κ2) is 5.66. The molecule has 0 N–H and O–H groups in total. The van der Waals surface area contributed by atoms with Crippen LogP contribution >= 0.6 is 11.3 Å². The number of amides is 1. The molecule has 1 aromatic heterocycles. The minimum atomic E-state index is -3.37. The molecule has 1 aliphatic heterocycles. The molecule has 1 amide bonds. The Hall–Kier alpha value is -1.19. The molecule has 2 heterocycles. The van der Waals surface area contributed by atoms with Crippen LogP contribution in [0.5, 0.6) is 0 Å². The number of rotatable bonds is 3. The minimum Gasteiger partial charge on any atom is -0.378 e. The number of carbonyl (C=O) groups is 1. The fourth-order valence-corrected chi connectivity index (χ4v) is 3.51. The first-order chi connectivity index (χ1) is 9.30. The lowest BCUT2D eigenvalue weighted by molar-refractivity contribution is 0.0305. The Morgan fingerprint density at radius 3 is 2.55 bits per heavy atom. The maximum atomic E-state index is 12.4. The molecule has 1 saturated heterocycles. The molecular formula is C11H17N3O4S2. The first-order valence-corrected chi connectivity index (χ1v) is 8.75. The third kappa shape index (κ3) is 3.10. The van der Waals surface area contributed by atoms with Gasteiger partial charge in [0.05, 0.1) is 25.2 Å². The van der Waals surface area contributed by atoms with Crippen molar-refractivity contribution < 1.29 is 17.9 Å². The van der Waals surface area contributed by atoms with Crippen LogP contribution in [-0.4, -0.2) is 63.8 Å². The Bertz CT molecular complexity index is 605. The zero-order valence-electron chi connectivity index (χ0n) is 11.6. The van der Waals surface area contributed by atoms with Crippen LogP contribution in [0.2, 0.25) is 0 Å². The van der Waals surface area contributed by atoms with Gasteiger partial charge in [0.1, 0.15) is 4.88 Å². The van der Waals surface area contributed by atoms with Crippen molar-refractivity contribution in [2.24, 2.45) is 0 Å². The standard InChI is InChI=1S/C11H17N3O4S2/c1-8-9(10(15)14-4-6-18-7-5-14)19-11(12-8)13(2)20(3,16)17/h4-7H2,1-3H3. The molecule has 1 aliphatic rings. The highest BCUT2D eigenvalue weighted by Gasteiger charge is 2.25. The number of anilines is 1. The molecule has 0 spiro atoms. The van der Waals surface area contributed by atoms with Gasteiger partial charge in [0, 0.05) is 20.1 Å². The summed E-state index contributed by atoms with van der Waals surface area (Å²) >= 11 is 1.10. The molecule has 112 valence electrons. The van der Waals surface area contributed by atoms with E-state index >= 15 is 0 Å². The second-order valence-electron chi connectivity index (χ2n) is 4.55. The summed E-state index contributed by atoms with van der Waals surface area (Å²) in [6.45, 7) is 3.87. The quantitative estimate of drug-likeness (QED) is 0.801. The summed E-state index contributed by atoms with van der Waals surface area (Å²) in [7, 11) is -1.95. The van der Waals surface area contributed by atoms with Gasteiger partial charge in [0.15, 0.2) is 5.13 Å². The molecule has 7 nitrogen and oxygen atoms in total. The second-order valence-corrected chi connectivity index (χ2v) is 7.54. The minimum absolute atomic E-state index is 0.114. The van der Waals surface area contributed by atoms with Crippen LogP contribution in [0.1, 0.15) is 15.4 Å². The molecule has 0 aromatic carbocycles. The van der Waals surface area contributed by atoms with Crippen LogP contribution in [-0.2, 0) is 14.8 Å². The van der Waals surface area contributed by atoms with Gasteiger partial charge in [-0.2, -0.15) is 0 Å². The number of aryl methyl sites for hydroxylation is 1. The number of hydrogen-bond donors (Lipinski definition) is 0. The summed E-state index contributed by atoms with van der Waals surface area (Å²) < 4.78 is 29.3. The monoisotopic (exact) mass is 319 g/mol. The van der Waals surface area contributed by atoms with Crippen LogP contribution in [0.15, 0.2) is 0 Å². The molecule has 0 saturated carbocycles. The first kappa shape index (κ1) is 15.2. The van der Waals surface area contributed by atoms with E-state index in [1.165, 1.54) is 7.05 Å². The van der Waals surface area contributed by atoms with Gasteiger partial charge < -0.3 is 9.64 Å². The van der Waals surface area contributed by atoms with Gasteiger partial charge in [-0.3, -0.25) is 4.79 Å². The summed E-state index contributed by atoms with van der Waals surface area (Å²) in [5.74, 6) is -0.114. The maximum Gasteiger partial charge on any atom is 0.266 e. The highest BCUT2D eigenvalue weighted by atomic mass is 32.2. The molecular weight excluding hydrogens is 302 g/mol. The van der Waals surface area contributed by atoms with Crippen molar-refractivity contribution in [2.45, 2.75) is 6.92 Å². The van der Waals surface area contributed by atoms with Gasteiger partial charge in [-0.25, -0.2) is 17.7 Å². The highest BCUT2D eigenvalue weighted by molar-refractivity contribution is 7.92. The number of sulfonamides is 1. The predicted molar refractivity (Wildman–Crippen MR) is 76.8 cm³/mol. The number of thiazole rings is 1. The average molecular weight is 319 g/mol. The van der Waals surface area contributed by atoms with Crippen LogP contribution in [0.4, 0.5) is 5.13 Å². The van der Waals surface area contributed by atoms with Crippen LogP contribution in [0, 0.1) is 6.92 Å². The maximum absolute atomic E-state index is 12.4. The zero-order chi connectivity index (χ0) is 14.9. The van der Waals surface area contributed by atoms with Crippen molar-refractivity contribution >= 4 is 32.4 Å². The van der Waals surface area contributed by atoms with Crippen LogP contribution in [0.25, 0.3) is 0 Å². The summed E-state index contributed by atoms with van der Waals surface area (Å²) in [5.41, 5.74) is 0.553. The van der Waals surface area contributed by atoms with Gasteiger partial charge in [-0.1, -0.05) is 11.3 Å². The molecule has 0 aliphatic carbocycles. The first-order valence-electron chi connectivity index (χ1n) is 6.09. The van der Waals surface area contributed by atoms with E-state index in [0.717, 1.165) is 21.9 Å². The van der Waals surface area contributed by atoms with Crippen molar-refractivity contribution in [1.29, 1.82) is 0 Å². The number of carbonyl (C=O) groups excluding carboxylic acids is 1. The summed E-state index contributed by atoms with van der Waals surface area (Å²) in [6.07, 6.45) is 1.10. The van der Waals surface area contributed by atoms with Crippen LogP contribution in [0.3, 0.4) is 0 Å². The van der Waals surface area contributed by atoms with E-state index in [1.807, 2.05) is 0 Å². The average Bonchev–Trinajstić information content (AvgIpc) is 2.79. The van der Waals surface area contributed by atoms with Crippen LogP contribution < -0.4 is 4.31 Å². The third-order valence-corrected chi connectivity index (χ3v) is 5.55. The third-order valence-electron chi connectivity index (χ3n) is 3.04. The lowest BCUT2D eigenvalue weighted by Crippen LogP contribution is -2.40. The molecule has 1 fully saturated rings. The van der Waals surface area contributed by atoms with Crippen molar-refractivity contribution in [1.82, 2.24) is 9.88 Å². The Morgan fingerprint density at radius 2 is 2.00 bits per heavy atom. The Balaban J connectivity index is 2.25. The van der Waals surface area contributed by atoms with Crippen molar-refractivity contribution in [3.8, 4) is 0 Å². The normalized spacial score (nSPS) is 16.2. The number of morpholine rings is 1. The molecule has 9 heteroatoms. The zero-order valence-corrected chi connectivity index (χ0v) is 13.3. The van der Waals surface area contributed by atoms with E-state index in [2.05, 4.69) is 4.98 Å². The molecule has 0 bridgehead atoms. The van der Waals surface area contributed by atoms with E-state index in [4.69, 9.17) is 4.74 Å². The molecule has 20 heavy (non-hydrogen) atoms. The molecule has 1 aromatic rings. The van der Waals surface area contributed by atoms with E-state index in [0.29, 0.717) is 42.0 Å². The van der Waals surface area contributed by atoms with Gasteiger partial charge in [-0.05, 0) is 6.92 Å². The van der Waals surface area contributed by atoms with Crippen molar-refractivity contribution in [3.63, 3.8) is 0 Å².